The van der Waals surface area contributed by atoms with E-state index >= 15 is 0 Å². The van der Waals surface area contributed by atoms with Crippen LogP contribution in [0.5, 0.6) is 11.5 Å². The number of amides is 1. The monoisotopic (exact) mass is 430 g/mol. The highest BCUT2D eigenvalue weighted by atomic mass is 32.2. The number of hydrogen-bond acceptors (Lipinski definition) is 7. The third-order valence-electron chi connectivity index (χ3n) is 4.22. The minimum Gasteiger partial charge on any atom is -0.493 e. The second-order valence-corrected chi connectivity index (χ2v) is 7.72. The zero-order valence-electron chi connectivity index (χ0n) is 15.8. The van der Waals surface area contributed by atoms with E-state index in [-0.39, 0.29) is 18.2 Å². The van der Waals surface area contributed by atoms with Crippen LogP contribution in [0, 0.1) is 10.1 Å². The van der Waals surface area contributed by atoms with Crippen LogP contribution in [-0.2, 0) is 11.4 Å². The fourth-order valence-electron chi connectivity index (χ4n) is 2.69. The van der Waals surface area contributed by atoms with Gasteiger partial charge < -0.3 is 9.47 Å². The van der Waals surface area contributed by atoms with Crippen LogP contribution in [0.1, 0.15) is 18.1 Å². The quantitative estimate of drug-likeness (QED) is 0.279. The van der Waals surface area contributed by atoms with E-state index in [0.717, 1.165) is 11.1 Å². The fourth-order valence-corrected chi connectivity index (χ4v) is 4.08. The smallest absolute Gasteiger partial charge is 0.269 e. The second kappa shape index (κ2) is 9.06. The second-order valence-electron chi connectivity index (χ2n) is 6.05. The number of thiocarbonyl (C=S) groups is 1. The van der Waals surface area contributed by atoms with Crippen molar-refractivity contribution in [1.82, 2.24) is 4.90 Å². The summed E-state index contributed by atoms with van der Waals surface area (Å²) in [5.74, 6) is 0.954. The number of ether oxygens (including phenoxy) is 2. The molecular formula is C20H18N2O5S2. The lowest BCUT2D eigenvalue weighted by Gasteiger charge is -2.12. The third-order valence-corrected chi connectivity index (χ3v) is 5.59. The molecule has 1 amide bonds. The summed E-state index contributed by atoms with van der Waals surface area (Å²) >= 11 is 6.51. The lowest BCUT2D eigenvalue weighted by Crippen LogP contribution is -2.27. The predicted molar refractivity (Wildman–Crippen MR) is 116 cm³/mol. The Bertz CT molecular complexity index is 989. The van der Waals surface area contributed by atoms with Crippen LogP contribution in [-0.4, -0.2) is 33.7 Å². The van der Waals surface area contributed by atoms with Crippen molar-refractivity contribution >= 4 is 46.0 Å². The number of carbonyl (C=O) groups excluding carboxylic acids is 1. The van der Waals surface area contributed by atoms with Crippen molar-refractivity contribution in [1.29, 1.82) is 0 Å². The predicted octanol–water partition coefficient (Wildman–Crippen LogP) is 4.40. The van der Waals surface area contributed by atoms with Gasteiger partial charge in [0.1, 0.15) is 10.9 Å². The van der Waals surface area contributed by atoms with Crippen molar-refractivity contribution in [3.05, 3.63) is 68.6 Å². The SMILES string of the molecule is CCN1C(=O)/C(=C\c2ccc(OCc3ccc([N+](=O)[O-])cc3)c(OC)c2)SC1=S. The van der Waals surface area contributed by atoms with E-state index in [1.54, 1.807) is 35.2 Å². The highest BCUT2D eigenvalue weighted by Gasteiger charge is 2.30. The molecule has 0 spiro atoms. The van der Waals surface area contributed by atoms with Gasteiger partial charge in [-0.1, -0.05) is 30.0 Å². The highest BCUT2D eigenvalue weighted by molar-refractivity contribution is 8.26. The molecule has 0 aromatic heterocycles. The number of benzene rings is 2. The first kappa shape index (κ1) is 20.8. The number of nitro benzene ring substituents is 1. The summed E-state index contributed by atoms with van der Waals surface area (Å²) in [6.07, 6.45) is 1.78. The van der Waals surface area contributed by atoms with Crippen LogP contribution in [0.15, 0.2) is 47.4 Å². The molecule has 1 saturated heterocycles. The number of hydrogen-bond donors (Lipinski definition) is 0. The molecule has 0 aliphatic carbocycles. The molecule has 9 heteroatoms. The van der Waals surface area contributed by atoms with E-state index in [1.807, 2.05) is 13.0 Å². The Labute approximate surface area is 177 Å². The Kier molecular flexibility index (Phi) is 6.50. The summed E-state index contributed by atoms with van der Waals surface area (Å²) in [5, 5.41) is 10.7. The number of thioether (sulfide) groups is 1. The van der Waals surface area contributed by atoms with Gasteiger partial charge in [0.2, 0.25) is 0 Å². The largest absolute Gasteiger partial charge is 0.493 e. The first-order valence-corrected chi connectivity index (χ1v) is 9.95. The Morgan fingerprint density at radius 1 is 1.21 bits per heavy atom. The summed E-state index contributed by atoms with van der Waals surface area (Å²) in [6.45, 7) is 2.66. The fraction of sp³-hybridized carbons (Fsp3) is 0.200. The van der Waals surface area contributed by atoms with Gasteiger partial charge in [0.15, 0.2) is 11.5 Å². The van der Waals surface area contributed by atoms with Crippen molar-refractivity contribution in [3.8, 4) is 11.5 Å². The molecule has 1 fully saturated rings. The summed E-state index contributed by atoms with van der Waals surface area (Å²) in [4.78, 5) is 24.8. The Morgan fingerprint density at radius 2 is 1.93 bits per heavy atom. The molecule has 0 N–H and O–H groups in total. The molecule has 0 unspecified atom stereocenters. The standard InChI is InChI=1S/C20H18N2O5S2/c1-3-21-19(23)18(29-20(21)28)11-14-6-9-16(17(10-14)26-2)27-12-13-4-7-15(8-5-13)22(24)25/h4-11H,3,12H2,1-2H3/b18-11+. The number of methoxy groups -OCH3 is 1. The van der Waals surface area contributed by atoms with E-state index in [9.17, 15) is 14.9 Å². The minimum absolute atomic E-state index is 0.0316. The molecule has 1 heterocycles. The maximum atomic E-state index is 12.3. The zero-order chi connectivity index (χ0) is 21.0. The molecule has 3 rings (SSSR count). The van der Waals surface area contributed by atoms with Crippen molar-refractivity contribution in [2.45, 2.75) is 13.5 Å². The molecule has 29 heavy (non-hydrogen) atoms. The Morgan fingerprint density at radius 3 is 2.52 bits per heavy atom. The van der Waals surface area contributed by atoms with Crippen molar-refractivity contribution in [2.24, 2.45) is 0 Å². The van der Waals surface area contributed by atoms with E-state index in [2.05, 4.69) is 0 Å². The summed E-state index contributed by atoms with van der Waals surface area (Å²) in [5.41, 5.74) is 1.62. The average Bonchev–Trinajstić information content (AvgIpc) is 2.99. The number of likely N-dealkylation sites (N-methyl/N-ethyl adjacent to an activating group) is 1. The van der Waals surface area contributed by atoms with Crippen LogP contribution in [0.25, 0.3) is 6.08 Å². The molecule has 0 radical (unpaired) electrons. The maximum absolute atomic E-state index is 12.3. The van der Waals surface area contributed by atoms with Crippen molar-refractivity contribution in [2.75, 3.05) is 13.7 Å². The molecule has 150 valence electrons. The van der Waals surface area contributed by atoms with Gasteiger partial charge in [-0.2, -0.15) is 0 Å². The number of carbonyl (C=O) groups is 1. The Hall–Kier alpha value is -2.91. The molecule has 2 aromatic rings. The van der Waals surface area contributed by atoms with Gasteiger partial charge in [-0.15, -0.1) is 0 Å². The van der Waals surface area contributed by atoms with Gasteiger partial charge in [0.05, 0.1) is 16.9 Å². The van der Waals surface area contributed by atoms with Crippen LogP contribution in [0.4, 0.5) is 5.69 Å². The number of non-ortho nitro benzene ring substituents is 1. The van der Waals surface area contributed by atoms with Gasteiger partial charge in [0, 0.05) is 18.7 Å². The van der Waals surface area contributed by atoms with Crippen LogP contribution in [0.3, 0.4) is 0 Å². The van der Waals surface area contributed by atoms with Gasteiger partial charge in [-0.25, -0.2) is 0 Å². The molecule has 0 bridgehead atoms. The van der Waals surface area contributed by atoms with Gasteiger partial charge in [-0.05, 0) is 48.4 Å². The van der Waals surface area contributed by atoms with Crippen LogP contribution < -0.4 is 9.47 Å². The Balaban J connectivity index is 1.74. The molecule has 7 nitrogen and oxygen atoms in total. The molecule has 1 aliphatic heterocycles. The molecule has 2 aromatic carbocycles. The number of nitrogens with zero attached hydrogens (tertiary/aromatic N) is 2. The lowest BCUT2D eigenvalue weighted by molar-refractivity contribution is -0.384. The maximum Gasteiger partial charge on any atom is 0.269 e. The van der Waals surface area contributed by atoms with E-state index in [0.29, 0.717) is 27.3 Å². The molecule has 1 aliphatic rings. The summed E-state index contributed by atoms with van der Waals surface area (Å²) in [7, 11) is 1.54. The highest BCUT2D eigenvalue weighted by Crippen LogP contribution is 2.34. The lowest BCUT2D eigenvalue weighted by atomic mass is 10.1. The van der Waals surface area contributed by atoms with E-state index < -0.39 is 4.92 Å². The third kappa shape index (κ3) is 4.75. The van der Waals surface area contributed by atoms with Crippen LogP contribution in [0.2, 0.25) is 0 Å². The molecule has 0 saturated carbocycles. The van der Waals surface area contributed by atoms with Gasteiger partial charge >= 0.3 is 0 Å². The van der Waals surface area contributed by atoms with Crippen molar-refractivity contribution < 1.29 is 19.2 Å². The first-order chi connectivity index (χ1) is 13.9. The van der Waals surface area contributed by atoms with E-state index in [1.165, 1.54) is 31.0 Å². The number of nitro groups is 1. The van der Waals surface area contributed by atoms with Crippen molar-refractivity contribution in [3.63, 3.8) is 0 Å². The topological polar surface area (TPSA) is 81.9 Å². The van der Waals surface area contributed by atoms with Gasteiger partial charge in [0.25, 0.3) is 11.6 Å². The normalized spacial score (nSPS) is 15.1. The average molecular weight is 431 g/mol. The summed E-state index contributed by atoms with van der Waals surface area (Å²) in [6, 6.07) is 11.5. The van der Waals surface area contributed by atoms with Gasteiger partial charge in [-0.3, -0.25) is 19.8 Å². The van der Waals surface area contributed by atoms with Crippen LogP contribution >= 0.6 is 24.0 Å². The minimum atomic E-state index is -0.444. The zero-order valence-corrected chi connectivity index (χ0v) is 17.4. The summed E-state index contributed by atoms with van der Waals surface area (Å²) < 4.78 is 11.8. The molecular weight excluding hydrogens is 412 g/mol. The molecule has 0 atom stereocenters. The first-order valence-electron chi connectivity index (χ1n) is 8.72. The van der Waals surface area contributed by atoms with E-state index in [4.69, 9.17) is 21.7 Å². The number of rotatable bonds is 7.